The summed E-state index contributed by atoms with van der Waals surface area (Å²) in [6.07, 6.45) is 16.7. The first-order valence-electron chi connectivity index (χ1n) is 13.6. The van der Waals surface area contributed by atoms with E-state index in [0.717, 1.165) is 37.2 Å². The minimum absolute atomic E-state index is 0.872. The van der Waals surface area contributed by atoms with E-state index >= 15 is 0 Å². The molecule has 4 aromatic carbocycles. The van der Waals surface area contributed by atoms with Gasteiger partial charge in [-0.3, -0.25) is 0 Å². The molecular weight excluding hydrogens is 556 g/mol. The predicted octanol–water partition coefficient (Wildman–Crippen LogP) is 9.00. The normalized spacial score (nSPS) is 14.3. The molecule has 2 aliphatic carbocycles. The van der Waals surface area contributed by atoms with E-state index in [1.807, 2.05) is 0 Å². The van der Waals surface area contributed by atoms with E-state index in [0.29, 0.717) is 0 Å². The summed E-state index contributed by atoms with van der Waals surface area (Å²) in [5, 5.41) is 0. The minimum atomic E-state index is -4.07. The van der Waals surface area contributed by atoms with Gasteiger partial charge in [0.05, 0.1) is 0 Å². The fourth-order valence-corrected chi connectivity index (χ4v) is 13.4. The van der Waals surface area contributed by atoms with Crippen molar-refractivity contribution >= 4 is 0 Å². The van der Waals surface area contributed by atoms with E-state index in [1.54, 1.807) is 0 Å². The first-order chi connectivity index (χ1) is 19.3. The van der Waals surface area contributed by atoms with E-state index in [2.05, 4.69) is 146 Å². The monoisotopic (exact) mass is 586 g/mol. The van der Waals surface area contributed by atoms with Crippen LogP contribution in [0, 0.1) is 0 Å². The van der Waals surface area contributed by atoms with Crippen LogP contribution < -0.4 is 5.63 Å². The summed E-state index contributed by atoms with van der Waals surface area (Å²) < 4.78 is 17.0. The van der Waals surface area contributed by atoms with Crippen LogP contribution in [0.5, 0.6) is 11.5 Å². The van der Waals surface area contributed by atoms with Gasteiger partial charge in [-0.1, -0.05) is 0 Å². The van der Waals surface area contributed by atoms with E-state index in [9.17, 15) is 0 Å². The van der Waals surface area contributed by atoms with Crippen LogP contribution in [0.25, 0.3) is 0 Å². The summed E-state index contributed by atoms with van der Waals surface area (Å²) in [4.78, 5) is 0. The molecule has 0 bridgehead atoms. The van der Waals surface area contributed by atoms with Gasteiger partial charge in [-0.05, 0) is 0 Å². The van der Waals surface area contributed by atoms with Gasteiger partial charge in [-0.2, -0.15) is 0 Å². The van der Waals surface area contributed by atoms with Crippen molar-refractivity contribution in [3.63, 3.8) is 0 Å². The summed E-state index contributed by atoms with van der Waals surface area (Å²) in [5.74, 6) is 1.78. The van der Waals surface area contributed by atoms with Crippen LogP contribution in [0.4, 0.5) is 0 Å². The van der Waals surface area contributed by atoms with Crippen LogP contribution in [-0.4, -0.2) is 0 Å². The number of benzene rings is 4. The van der Waals surface area contributed by atoms with Crippen molar-refractivity contribution in [2.75, 3.05) is 0 Å². The molecule has 0 atom stereocenters. The average molecular weight is 588 g/mol. The summed E-state index contributed by atoms with van der Waals surface area (Å²) in [6, 6.07) is 38.3. The van der Waals surface area contributed by atoms with Gasteiger partial charge in [0.2, 0.25) is 0 Å². The Hall–Kier alpha value is -3.68. The molecule has 2 nitrogen and oxygen atoms in total. The van der Waals surface area contributed by atoms with Crippen molar-refractivity contribution in [3.8, 4) is 11.5 Å². The molecule has 0 radical (unpaired) electrons. The Labute approximate surface area is 237 Å². The summed E-state index contributed by atoms with van der Waals surface area (Å²) in [6.45, 7) is 0. The molecule has 3 heteroatoms. The van der Waals surface area contributed by atoms with E-state index < -0.39 is 21.1 Å². The molecule has 0 unspecified atom stereocenters. The molecule has 0 saturated carbocycles. The number of hydrogen-bond donors (Lipinski definition) is 0. The van der Waals surface area contributed by atoms with Crippen LogP contribution in [0.3, 0.4) is 0 Å². The Morgan fingerprint density at radius 2 is 0.923 bits per heavy atom. The number of rotatable bonds is 10. The molecule has 0 saturated heterocycles. The Kier molecular flexibility index (Phi) is 7.88. The fourth-order valence-electron chi connectivity index (χ4n) is 5.30. The third-order valence-corrected chi connectivity index (χ3v) is 15.8. The second kappa shape index (κ2) is 12.0. The van der Waals surface area contributed by atoms with Crippen molar-refractivity contribution in [1.82, 2.24) is 0 Å². The van der Waals surface area contributed by atoms with E-state index in [1.165, 1.54) is 28.8 Å². The van der Waals surface area contributed by atoms with Crippen molar-refractivity contribution < 1.29 is 26.8 Å². The van der Waals surface area contributed by atoms with Gasteiger partial charge >= 0.3 is 238 Å². The SMILES string of the molecule is C1=CC[C]([Zr]([O]c2cccc(Cc3ccccc3)c2)([O]c2cccc(Cc3ccccc3)c2)[C]2=CC=CC2)=C1. The standard InChI is InChI=1S/2C13H12O.2C5H5.Zr/c2*14-13-8-4-7-12(10-13)9-11-5-2-1-3-6-11;2*1-2-4-5-3-1;/h2*1-8,10,14H,9H2;2*1-3H,4H2;/q;;;;+2/p-2. The first-order valence-corrected chi connectivity index (χ1v) is 18.1. The van der Waals surface area contributed by atoms with Crippen LogP contribution in [0.2, 0.25) is 0 Å². The molecule has 0 heterocycles. The second-order valence-electron chi connectivity index (χ2n) is 10.1. The molecule has 39 heavy (non-hydrogen) atoms. The molecule has 0 spiro atoms. The Bertz CT molecular complexity index is 1430. The number of allylic oxidation sites excluding steroid dienone is 8. The van der Waals surface area contributed by atoms with Crippen LogP contribution in [-0.2, 0) is 34.0 Å². The van der Waals surface area contributed by atoms with E-state index in [4.69, 9.17) is 5.63 Å². The summed E-state index contributed by atoms with van der Waals surface area (Å²) in [7, 11) is 0. The summed E-state index contributed by atoms with van der Waals surface area (Å²) >= 11 is -4.07. The first kappa shape index (κ1) is 25.6. The average Bonchev–Trinajstić information content (AvgIpc) is 3.70. The molecule has 2 aliphatic rings. The van der Waals surface area contributed by atoms with Gasteiger partial charge < -0.3 is 0 Å². The zero-order valence-corrected chi connectivity index (χ0v) is 24.5. The predicted molar refractivity (Wildman–Crippen MR) is 156 cm³/mol. The third-order valence-electron chi connectivity index (χ3n) is 7.21. The van der Waals surface area contributed by atoms with E-state index in [-0.39, 0.29) is 0 Å². The molecular formula is C36H32O2Zr. The quantitative estimate of drug-likeness (QED) is 0.184. The molecule has 0 fully saturated rings. The molecule has 0 aromatic heterocycles. The Morgan fingerprint density at radius 3 is 1.33 bits per heavy atom. The Balaban J connectivity index is 1.34. The van der Waals surface area contributed by atoms with Gasteiger partial charge in [0.15, 0.2) is 0 Å². The van der Waals surface area contributed by atoms with Crippen LogP contribution in [0.15, 0.2) is 152 Å². The van der Waals surface area contributed by atoms with Crippen LogP contribution in [0.1, 0.15) is 35.1 Å². The number of hydrogen-bond acceptors (Lipinski definition) is 2. The second-order valence-corrected chi connectivity index (χ2v) is 17.3. The maximum atomic E-state index is 7.18. The van der Waals surface area contributed by atoms with Crippen LogP contribution >= 0.6 is 0 Å². The third kappa shape index (κ3) is 6.16. The van der Waals surface area contributed by atoms with Crippen molar-refractivity contribution in [2.45, 2.75) is 25.7 Å². The summed E-state index contributed by atoms with van der Waals surface area (Å²) in [5.41, 5.74) is 5.06. The van der Waals surface area contributed by atoms with Gasteiger partial charge in [0.25, 0.3) is 0 Å². The Morgan fingerprint density at radius 1 is 0.487 bits per heavy atom. The molecule has 4 aromatic rings. The van der Waals surface area contributed by atoms with Crippen molar-refractivity contribution in [1.29, 1.82) is 0 Å². The van der Waals surface area contributed by atoms with Crippen molar-refractivity contribution in [3.05, 3.63) is 174 Å². The topological polar surface area (TPSA) is 18.5 Å². The zero-order valence-electron chi connectivity index (χ0n) is 22.0. The van der Waals surface area contributed by atoms with Gasteiger partial charge in [-0.15, -0.1) is 0 Å². The molecule has 0 amide bonds. The van der Waals surface area contributed by atoms with Gasteiger partial charge in [-0.25, -0.2) is 0 Å². The van der Waals surface area contributed by atoms with Crippen molar-refractivity contribution in [2.24, 2.45) is 0 Å². The molecule has 0 aliphatic heterocycles. The molecule has 192 valence electrons. The zero-order chi connectivity index (χ0) is 26.3. The van der Waals surface area contributed by atoms with Gasteiger partial charge in [0.1, 0.15) is 0 Å². The van der Waals surface area contributed by atoms with Gasteiger partial charge in [0, 0.05) is 0 Å². The molecule has 6 rings (SSSR count). The maximum absolute atomic E-state index is 7.18. The fraction of sp³-hybridized carbons (Fsp3) is 0.111. The molecule has 0 N–H and O–H groups in total.